The maximum atomic E-state index is 13.9. The third kappa shape index (κ3) is 6.51. The van der Waals surface area contributed by atoms with Crippen LogP contribution in [0.1, 0.15) is 60.8 Å². The van der Waals surface area contributed by atoms with Crippen molar-refractivity contribution in [1.82, 2.24) is 15.1 Å². The Labute approximate surface area is 220 Å². The first-order chi connectivity index (χ1) is 17.7. The largest absolute Gasteiger partial charge is 0.398 e. The second-order valence-corrected chi connectivity index (χ2v) is 10.7. The number of rotatable bonds is 8. The Kier molecular flexibility index (Phi) is 8.52. The lowest BCUT2D eigenvalue weighted by atomic mass is 9.89. The van der Waals surface area contributed by atoms with Crippen molar-refractivity contribution >= 4 is 17.8 Å². The molecule has 198 valence electrons. The van der Waals surface area contributed by atoms with E-state index in [1.54, 1.807) is 0 Å². The monoisotopic (exact) mass is 505 g/mol. The van der Waals surface area contributed by atoms with Gasteiger partial charge in [0.05, 0.1) is 5.82 Å². The molecule has 0 aliphatic carbocycles. The molecule has 0 saturated carbocycles. The van der Waals surface area contributed by atoms with Crippen LogP contribution in [0.2, 0.25) is 0 Å². The predicted molar refractivity (Wildman–Crippen MR) is 148 cm³/mol. The van der Waals surface area contributed by atoms with Gasteiger partial charge in [-0.25, -0.2) is 4.39 Å². The van der Waals surface area contributed by atoms with Gasteiger partial charge >= 0.3 is 0 Å². The number of aryl methyl sites for hydroxylation is 1. The van der Waals surface area contributed by atoms with E-state index in [0.717, 1.165) is 61.3 Å². The molecule has 2 aromatic carbocycles. The molecule has 0 spiro atoms. The van der Waals surface area contributed by atoms with Gasteiger partial charge in [-0.05, 0) is 79.3 Å². The van der Waals surface area contributed by atoms with Crippen molar-refractivity contribution in [3.63, 3.8) is 0 Å². The van der Waals surface area contributed by atoms with E-state index in [1.165, 1.54) is 18.3 Å². The molecule has 4 rings (SSSR count). The second kappa shape index (κ2) is 11.8. The fraction of sp³-hybridized carbons (Fsp3) is 0.467. The van der Waals surface area contributed by atoms with E-state index in [-0.39, 0.29) is 11.7 Å². The van der Waals surface area contributed by atoms with Crippen LogP contribution in [0.5, 0.6) is 0 Å². The zero-order valence-electron chi connectivity index (χ0n) is 22.1. The normalized spacial score (nSPS) is 17.9. The number of carbonyl (C=O) groups excluding carboxylic acids is 1. The van der Waals surface area contributed by atoms with Gasteiger partial charge in [0, 0.05) is 50.1 Å². The maximum Gasteiger partial charge on any atom is 0.245 e. The van der Waals surface area contributed by atoms with Crippen LogP contribution in [0.3, 0.4) is 0 Å². The highest BCUT2D eigenvalue weighted by molar-refractivity contribution is 5.87. The lowest BCUT2D eigenvalue weighted by molar-refractivity contribution is -0.134. The highest BCUT2D eigenvalue weighted by Gasteiger charge is 2.30. The Morgan fingerprint density at radius 2 is 1.76 bits per heavy atom. The first-order valence-corrected chi connectivity index (χ1v) is 13.4. The van der Waals surface area contributed by atoms with Crippen molar-refractivity contribution in [1.29, 1.82) is 5.41 Å². The number of benzene rings is 2. The Hall–Kier alpha value is -3.35. The van der Waals surface area contributed by atoms with Gasteiger partial charge in [0.2, 0.25) is 5.91 Å². The third-order valence-corrected chi connectivity index (χ3v) is 8.03. The Balaban J connectivity index is 1.48. The number of piperidine rings is 2. The summed E-state index contributed by atoms with van der Waals surface area (Å²) in [6.45, 7) is 11.7. The minimum absolute atomic E-state index is 0.0648. The van der Waals surface area contributed by atoms with E-state index in [1.807, 2.05) is 36.1 Å². The van der Waals surface area contributed by atoms with E-state index in [0.29, 0.717) is 42.6 Å². The molecule has 2 heterocycles. The minimum Gasteiger partial charge on any atom is -0.398 e. The number of nitrogens with two attached hydrogens (primary N) is 1. The van der Waals surface area contributed by atoms with Gasteiger partial charge in [-0.2, -0.15) is 0 Å². The number of nitrogen functional groups attached to an aromatic ring is 1. The lowest BCUT2D eigenvalue weighted by Crippen LogP contribution is -2.51. The summed E-state index contributed by atoms with van der Waals surface area (Å²) in [4.78, 5) is 18.0. The van der Waals surface area contributed by atoms with E-state index >= 15 is 0 Å². The average Bonchev–Trinajstić information content (AvgIpc) is 2.90. The number of likely N-dealkylation sites (tertiary alicyclic amines) is 2. The van der Waals surface area contributed by atoms with Gasteiger partial charge in [-0.15, -0.1) is 0 Å². The number of anilines is 1. The molecule has 1 atom stereocenters. The van der Waals surface area contributed by atoms with Crippen molar-refractivity contribution in [2.45, 2.75) is 57.9 Å². The van der Waals surface area contributed by atoms with Crippen molar-refractivity contribution in [3.8, 4) is 0 Å². The van der Waals surface area contributed by atoms with Crippen LogP contribution in [0.15, 0.2) is 48.8 Å². The van der Waals surface area contributed by atoms with Crippen LogP contribution in [0.25, 0.3) is 0 Å². The van der Waals surface area contributed by atoms with E-state index in [4.69, 9.17) is 11.1 Å². The molecule has 4 N–H and O–H groups in total. The molecule has 2 aromatic rings. The first-order valence-electron chi connectivity index (χ1n) is 13.4. The molecule has 1 amide bonds. The summed E-state index contributed by atoms with van der Waals surface area (Å²) in [6, 6.07) is 10.2. The quantitative estimate of drug-likeness (QED) is 0.355. The maximum absolute atomic E-state index is 13.9. The van der Waals surface area contributed by atoms with E-state index < -0.39 is 6.04 Å². The molecule has 0 aromatic heterocycles. The topological polar surface area (TPSA) is 85.4 Å². The molecular formula is C30H40FN5O. The fourth-order valence-electron chi connectivity index (χ4n) is 5.54. The van der Waals surface area contributed by atoms with Gasteiger partial charge in [-0.3, -0.25) is 4.79 Å². The number of amides is 1. The van der Waals surface area contributed by atoms with Crippen molar-refractivity contribution < 1.29 is 9.18 Å². The van der Waals surface area contributed by atoms with Crippen LogP contribution in [0, 0.1) is 24.1 Å². The number of nitrogens with zero attached hydrogens (tertiary/aromatic N) is 2. The van der Waals surface area contributed by atoms with Crippen LogP contribution >= 0.6 is 0 Å². The molecule has 2 aliphatic heterocycles. The molecule has 0 radical (unpaired) electrons. The number of nitrogens with one attached hydrogen (secondary N) is 2. The Bertz CT molecular complexity index is 1120. The summed E-state index contributed by atoms with van der Waals surface area (Å²) < 4.78 is 13.4. The van der Waals surface area contributed by atoms with Crippen molar-refractivity contribution in [2.75, 3.05) is 31.9 Å². The molecule has 6 nitrogen and oxygen atoms in total. The van der Waals surface area contributed by atoms with Crippen molar-refractivity contribution in [3.05, 3.63) is 76.9 Å². The number of hydrogen-bond acceptors (Lipinski definition) is 5. The second-order valence-electron chi connectivity index (χ2n) is 10.7. The molecule has 2 saturated heterocycles. The highest BCUT2D eigenvalue weighted by Crippen LogP contribution is 2.29. The average molecular weight is 506 g/mol. The molecule has 2 fully saturated rings. The van der Waals surface area contributed by atoms with Crippen LogP contribution in [-0.2, 0) is 11.2 Å². The first kappa shape index (κ1) is 26.7. The SMILES string of the molecule is C=C(NC(Cc1cc(C)c(N)c(C=N)c1)C(=O)N1CCC(c2ccc(F)cc2)CC1)N1CCC(C)CC1. The number of carbonyl (C=O) groups is 1. The smallest absolute Gasteiger partial charge is 0.245 e. The van der Waals surface area contributed by atoms with Crippen LogP contribution < -0.4 is 11.1 Å². The standard InChI is InChI=1S/C30H40FN5O/c1-20-8-12-35(13-9-20)22(3)34-28(18-23-16-21(2)29(33)26(17-23)19-32)30(37)36-14-10-25(11-15-36)24-4-6-27(31)7-5-24/h4-7,16-17,19-20,25,28,32,34H,3,8-15,18,33H2,1-2H3. The van der Waals surface area contributed by atoms with Crippen molar-refractivity contribution in [2.24, 2.45) is 5.92 Å². The van der Waals surface area contributed by atoms with E-state index in [9.17, 15) is 9.18 Å². The van der Waals surface area contributed by atoms with Gasteiger partial charge in [0.15, 0.2) is 0 Å². The summed E-state index contributed by atoms with van der Waals surface area (Å²) in [5, 5.41) is 11.2. The zero-order valence-corrected chi connectivity index (χ0v) is 22.1. The molecular weight excluding hydrogens is 465 g/mol. The highest BCUT2D eigenvalue weighted by atomic mass is 19.1. The summed E-state index contributed by atoms with van der Waals surface area (Å²) >= 11 is 0. The molecule has 37 heavy (non-hydrogen) atoms. The Morgan fingerprint density at radius 3 is 2.38 bits per heavy atom. The molecule has 2 aliphatic rings. The molecule has 0 bridgehead atoms. The Morgan fingerprint density at radius 1 is 1.14 bits per heavy atom. The van der Waals surface area contributed by atoms with Gasteiger partial charge < -0.3 is 26.3 Å². The van der Waals surface area contributed by atoms with Gasteiger partial charge in [-0.1, -0.05) is 31.7 Å². The van der Waals surface area contributed by atoms with Crippen LogP contribution in [0.4, 0.5) is 10.1 Å². The number of hydrogen-bond donors (Lipinski definition) is 3. The number of halogens is 1. The summed E-state index contributed by atoms with van der Waals surface area (Å²) in [5.41, 5.74) is 10.4. The lowest BCUT2D eigenvalue weighted by Gasteiger charge is -2.38. The summed E-state index contributed by atoms with van der Waals surface area (Å²) in [6.07, 6.45) is 5.71. The van der Waals surface area contributed by atoms with Crippen LogP contribution in [-0.4, -0.2) is 54.1 Å². The summed E-state index contributed by atoms with van der Waals surface area (Å²) in [7, 11) is 0. The predicted octanol–water partition coefficient (Wildman–Crippen LogP) is 4.82. The minimum atomic E-state index is -0.462. The fourth-order valence-corrected chi connectivity index (χ4v) is 5.54. The summed E-state index contributed by atoms with van der Waals surface area (Å²) in [5.74, 6) is 1.68. The third-order valence-electron chi connectivity index (χ3n) is 8.03. The van der Waals surface area contributed by atoms with Gasteiger partial charge in [0.25, 0.3) is 0 Å². The van der Waals surface area contributed by atoms with E-state index in [2.05, 4.69) is 23.7 Å². The molecule has 7 heteroatoms. The van der Waals surface area contributed by atoms with Gasteiger partial charge in [0.1, 0.15) is 11.9 Å². The molecule has 1 unspecified atom stereocenters. The zero-order chi connectivity index (χ0) is 26.5.